The Morgan fingerprint density at radius 2 is 2.17 bits per heavy atom. The topological polar surface area (TPSA) is 55.6 Å². The van der Waals surface area contributed by atoms with Gasteiger partial charge in [-0.15, -0.1) is 0 Å². The molecule has 1 aromatic rings. The van der Waals surface area contributed by atoms with Gasteiger partial charge in [-0.1, -0.05) is 18.2 Å². The van der Waals surface area contributed by atoms with Gasteiger partial charge in [0, 0.05) is 18.6 Å². The number of nitrogens with two attached hydrogens (primary N) is 1. The minimum Gasteiger partial charge on any atom is -0.492 e. The molecule has 18 heavy (non-hydrogen) atoms. The third kappa shape index (κ3) is 1.97. The van der Waals surface area contributed by atoms with Crippen LogP contribution >= 0.6 is 0 Å². The summed E-state index contributed by atoms with van der Waals surface area (Å²) in [6.45, 7) is 3.77. The minimum absolute atomic E-state index is 0.0593. The van der Waals surface area contributed by atoms with Gasteiger partial charge in [0.25, 0.3) is 0 Å². The highest BCUT2D eigenvalue weighted by atomic mass is 16.5. The molecule has 2 N–H and O–H groups in total. The second-order valence-electron chi connectivity index (χ2n) is 5.67. The maximum atomic E-state index is 12.3. The summed E-state index contributed by atoms with van der Waals surface area (Å²) in [5.41, 5.74) is 6.85. The Morgan fingerprint density at radius 3 is 2.89 bits per heavy atom. The lowest BCUT2D eigenvalue weighted by molar-refractivity contribution is -0.144. The van der Waals surface area contributed by atoms with Crippen molar-refractivity contribution in [3.8, 4) is 5.75 Å². The number of para-hydroxylation sites is 1. The van der Waals surface area contributed by atoms with Gasteiger partial charge >= 0.3 is 0 Å². The fourth-order valence-corrected chi connectivity index (χ4v) is 2.73. The Hall–Kier alpha value is -1.55. The first-order valence-electron chi connectivity index (χ1n) is 6.33. The fraction of sp³-hybridized carbons (Fsp3) is 0.500. The summed E-state index contributed by atoms with van der Waals surface area (Å²) in [6, 6.07) is 7.92. The molecule has 0 radical (unpaired) electrons. The molecular weight excluding hydrogens is 228 g/mol. The number of carbonyl (C=O) groups excluding carboxylic acids is 1. The zero-order valence-electron chi connectivity index (χ0n) is 10.6. The third-order valence-corrected chi connectivity index (χ3v) is 3.64. The number of rotatable bonds is 1. The van der Waals surface area contributed by atoms with E-state index >= 15 is 0 Å². The summed E-state index contributed by atoms with van der Waals surface area (Å²) in [5.74, 6) is 1.03. The molecule has 96 valence electrons. The molecule has 0 bridgehead atoms. The number of nitrogens with zero attached hydrogens (tertiary/aromatic N) is 1. The Morgan fingerprint density at radius 1 is 1.44 bits per heavy atom. The quantitative estimate of drug-likeness (QED) is 0.797. The maximum Gasteiger partial charge on any atom is 0.229 e. The van der Waals surface area contributed by atoms with E-state index in [2.05, 4.69) is 0 Å². The monoisotopic (exact) mass is 246 g/mol. The highest BCUT2D eigenvalue weighted by molar-refractivity contribution is 5.81. The largest absolute Gasteiger partial charge is 0.492 e. The molecule has 2 aliphatic heterocycles. The van der Waals surface area contributed by atoms with Crippen molar-refractivity contribution in [1.29, 1.82) is 0 Å². The van der Waals surface area contributed by atoms with Gasteiger partial charge in [0.2, 0.25) is 5.91 Å². The van der Waals surface area contributed by atoms with E-state index in [4.69, 9.17) is 10.5 Å². The summed E-state index contributed by atoms with van der Waals surface area (Å²) in [4.78, 5) is 14.1. The van der Waals surface area contributed by atoms with Crippen molar-refractivity contribution < 1.29 is 9.53 Å². The van der Waals surface area contributed by atoms with Crippen LogP contribution in [0.5, 0.6) is 5.75 Å². The number of hydrogen-bond acceptors (Lipinski definition) is 3. The Kier molecular flexibility index (Phi) is 2.55. The molecule has 2 heterocycles. The first-order valence-corrected chi connectivity index (χ1v) is 6.33. The molecule has 4 nitrogen and oxygen atoms in total. The van der Waals surface area contributed by atoms with E-state index in [0.717, 1.165) is 17.7 Å². The first-order chi connectivity index (χ1) is 8.55. The fourth-order valence-electron chi connectivity index (χ4n) is 2.73. The van der Waals surface area contributed by atoms with E-state index in [9.17, 15) is 4.79 Å². The lowest BCUT2D eigenvalue weighted by atomic mass is 9.89. The molecule has 1 saturated heterocycles. The van der Waals surface area contributed by atoms with E-state index in [1.807, 2.05) is 36.1 Å². The van der Waals surface area contributed by atoms with Gasteiger partial charge in [0.15, 0.2) is 0 Å². The van der Waals surface area contributed by atoms with Crippen LogP contribution in [0.1, 0.15) is 12.5 Å². The molecule has 1 atom stereocenters. The highest BCUT2D eigenvalue weighted by Crippen LogP contribution is 2.29. The van der Waals surface area contributed by atoms with Gasteiger partial charge in [0.1, 0.15) is 12.4 Å². The summed E-state index contributed by atoms with van der Waals surface area (Å²) >= 11 is 0. The smallest absolute Gasteiger partial charge is 0.229 e. The molecule has 2 aliphatic rings. The van der Waals surface area contributed by atoms with Crippen molar-refractivity contribution in [2.24, 2.45) is 11.7 Å². The van der Waals surface area contributed by atoms with Gasteiger partial charge in [-0.2, -0.15) is 0 Å². The molecule has 0 aliphatic carbocycles. The molecule has 0 aromatic heterocycles. The molecule has 4 heteroatoms. The first kappa shape index (κ1) is 11.5. The number of likely N-dealkylation sites (tertiary alicyclic amines) is 1. The normalized spacial score (nSPS) is 24.8. The summed E-state index contributed by atoms with van der Waals surface area (Å²) in [7, 11) is 0. The molecule has 0 saturated carbocycles. The van der Waals surface area contributed by atoms with Crippen molar-refractivity contribution in [3.05, 3.63) is 29.8 Å². The van der Waals surface area contributed by atoms with Gasteiger partial charge in [-0.3, -0.25) is 4.79 Å². The van der Waals surface area contributed by atoms with Gasteiger partial charge in [-0.25, -0.2) is 0 Å². The third-order valence-electron chi connectivity index (χ3n) is 3.64. The van der Waals surface area contributed by atoms with Gasteiger partial charge in [-0.05, 0) is 25.0 Å². The lowest BCUT2D eigenvalue weighted by Crippen LogP contribution is -2.68. The number of ether oxygens (including phenoxy) is 1. The Labute approximate surface area is 107 Å². The number of benzene rings is 1. The molecule has 1 amide bonds. The second kappa shape index (κ2) is 3.99. The van der Waals surface area contributed by atoms with E-state index in [0.29, 0.717) is 19.7 Å². The van der Waals surface area contributed by atoms with Crippen LogP contribution in [-0.2, 0) is 11.2 Å². The zero-order chi connectivity index (χ0) is 12.8. The molecular formula is C14H18N2O2. The number of fused-ring (bicyclic) bond motifs is 1. The molecule has 1 unspecified atom stereocenters. The van der Waals surface area contributed by atoms with Gasteiger partial charge in [0.05, 0.1) is 5.92 Å². The molecule has 3 rings (SSSR count). The lowest BCUT2D eigenvalue weighted by Gasteiger charge is -2.47. The summed E-state index contributed by atoms with van der Waals surface area (Å²) in [6.07, 6.45) is 0.771. The van der Waals surface area contributed by atoms with E-state index in [1.54, 1.807) is 0 Å². The predicted octanol–water partition coefficient (Wildman–Crippen LogP) is 0.797. The highest BCUT2D eigenvalue weighted by Gasteiger charge is 2.41. The van der Waals surface area contributed by atoms with Crippen molar-refractivity contribution in [1.82, 2.24) is 4.90 Å². The van der Waals surface area contributed by atoms with Crippen molar-refractivity contribution >= 4 is 5.91 Å². The standard InChI is InChI=1S/C14H18N2O2/c1-14(15)8-16(9-14)13(17)11-6-10-4-2-3-5-12(10)18-7-11/h2-5,11H,6-9,15H2,1H3. The van der Waals surface area contributed by atoms with Crippen LogP contribution in [-0.4, -0.2) is 36.0 Å². The second-order valence-corrected chi connectivity index (χ2v) is 5.67. The maximum absolute atomic E-state index is 12.3. The summed E-state index contributed by atoms with van der Waals surface area (Å²) < 4.78 is 5.65. The van der Waals surface area contributed by atoms with E-state index in [-0.39, 0.29) is 17.4 Å². The van der Waals surface area contributed by atoms with Crippen molar-refractivity contribution in [3.63, 3.8) is 0 Å². The molecule has 1 fully saturated rings. The van der Waals surface area contributed by atoms with E-state index < -0.39 is 0 Å². The van der Waals surface area contributed by atoms with Crippen molar-refractivity contribution in [2.45, 2.75) is 18.9 Å². The van der Waals surface area contributed by atoms with Crippen LogP contribution in [0.25, 0.3) is 0 Å². The Bertz CT molecular complexity index is 476. The number of hydrogen-bond donors (Lipinski definition) is 1. The average Bonchev–Trinajstić information content (AvgIpc) is 2.34. The van der Waals surface area contributed by atoms with Crippen LogP contribution in [0.2, 0.25) is 0 Å². The Balaban J connectivity index is 1.68. The minimum atomic E-state index is -0.205. The predicted molar refractivity (Wildman–Crippen MR) is 68.3 cm³/mol. The average molecular weight is 246 g/mol. The van der Waals surface area contributed by atoms with Gasteiger partial charge < -0.3 is 15.4 Å². The summed E-state index contributed by atoms with van der Waals surface area (Å²) in [5, 5.41) is 0. The molecule has 1 aromatic carbocycles. The number of amides is 1. The van der Waals surface area contributed by atoms with Crippen LogP contribution in [0.3, 0.4) is 0 Å². The van der Waals surface area contributed by atoms with Crippen LogP contribution in [0, 0.1) is 5.92 Å². The molecule has 0 spiro atoms. The van der Waals surface area contributed by atoms with Crippen LogP contribution < -0.4 is 10.5 Å². The number of carbonyl (C=O) groups is 1. The SMILES string of the molecule is CC1(N)CN(C(=O)C2COc3ccccc3C2)C1. The zero-order valence-corrected chi connectivity index (χ0v) is 10.6. The van der Waals surface area contributed by atoms with E-state index in [1.165, 1.54) is 0 Å². The van der Waals surface area contributed by atoms with Crippen molar-refractivity contribution in [2.75, 3.05) is 19.7 Å². The van der Waals surface area contributed by atoms with Crippen LogP contribution in [0.4, 0.5) is 0 Å². The van der Waals surface area contributed by atoms with Crippen LogP contribution in [0.15, 0.2) is 24.3 Å².